The van der Waals surface area contributed by atoms with E-state index in [4.69, 9.17) is 0 Å². The second-order valence-corrected chi connectivity index (χ2v) is 12.2. The number of amides is 3. The average Bonchev–Trinajstić information content (AvgIpc) is 3.00. The van der Waals surface area contributed by atoms with E-state index >= 15 is 4.39 Å². The first-order valence-corrected chi connectivity index (χ1v) is 15.2. The molecule has 15 heteroatoms. The molecule has 1 spiro atoms. The van der Waals surface area contributed by atoms with Gasteiger partial charge in [0.2, 0.25) is 17.7 Å². The molecule has 1 aromatic carbocycles. The van der Waals surface area contributed by atoms with Crippen LogP contribution in [0.5, 0.6) is 0 Å². The number of benzene rings is 1. The van der Waals surface area contributed by atoms with Crippen LogP contribution >= 0.6 is 0 Å². The zero-order valence-corrected chi connectivity index (χ0v) is 26.4. The smallest absolute Gasteiger partial charge is 0.366 e. The number of rotatable bonds is 6. The van der Waals surface area contributed by atoms with Crippen LogP contribution in [0, 0.1) is 24.1 Å². The van der Waals surface area contributed by atoms with Gasteiger partial charge in [-0.2, -0.15) is 18.4 Å². The number of carbonyl (C=O) groups excluding carboxylic acids is 3. The number of alkyl halides is 3. The normalized spacial score (nSPS) is 19.8. The van der Waals surface area contributed by atoms with E-state index in [1.165, 1.54) is 44.0 Å². The molecule has 2 aromatic rings. The van der Waals surface area contributed by atoms with Gasteiger partial charge in [-0.3, -0.25) is 19.3 Å². The van der Waals surface area contributed by atoms with E-state index in [1.807, 2.05) is 0 Å². The highest BCUT2D eigenvalue weighted by atomic mass is 19.4. The first-order chi connectivity index (χ1) is 22.2. The second-order valence-electron chi connectivity index (χ2n) is 12.2. The van der Waals surface area contributed by atoms with Crippen LogP contribution in [0.3, 0.4) is 0 Å². The fourth-order valence-corrected chi connectivity index (χ4v) is 6.82. The molecular weight excluding hydrogens is 620 g/mol. The van der Waals surface area contributed by atoms with Gasteiger partial charge in [0.05, 0.1) is 22.5 Å². The minimum atomic E-state index is -4.81. The molecule has 3 amide bonds. The summed E-state index contributed by atoms with van der Waals surface area (Å²) in [5.74, 6) is -1.69. The maximum absolute atomic E-state index is 15.5. The van der Waals surface area contributed by atoms with E-state index < -0.39 is 40.6 Å². The van der Waals surface area contributed by atoms with Gasteiger partial charge in [0, 0.05) is 72.0 Å². The highest BCUT2D eigenvalue weighted by molar-refractivity contribution is 6.01. The number of halogens is 4. The zero-order valence-electron chi connectivity index (χ0n) is 26.4. The Hall–Kier alpha value is -4.71. The number of para-hydroxylation sites is 1. The van der Waals surface area contributed by atoms with Crippen LogP contribution in [0.4, 0.5) is 34.8 Å². The van der Waals surface area contributed by atoms with Gasteiger partial charge in [-0.15, -0.1) is 0 Å². The van der Waals surface area contributed by atoms with Gasteiger partial charge in [-0.05, 0) is 37.6 Å². The Morgan fingerprint density at radius 2 is 1.91 bits per heavy atom. The van der Waals surface area contributed by atoms with Gasteiger partial charge in [-0.25, -0.2) is 9.37 Å². The molecule has 2 fully saturated rings. The van der Waals surface area contributed by atoms with Crippen molar-refractivity contribution in [2.75, 3.05) is 74.5 Å². The van der Waals surface area contributed by atoms with E-state index in [9.17, 15) is 32.8 Å². The number of likely N-dealkylation sites (tertiary alicyclic amines) is 1. The molecular formula is C32H36F4N8O3. The van der Waals surface area contributed by atoms with Crippen molar-refractivity contribution in [3.63, 3.8) is 0 Å². The molecule has 11 nitrogen and oxygen atoms in total. The SMILES string of the molecule is C=CC(=O)N1CC2(CN(CCN3CCC(Nc4nc(C)cc(C(F)(F)F)c4C#N)C(=O)N(C)c4cccc(F)c43)CCN2C(C)=O)C1. The lowest BCUT2D eigenvalue weighted by Gasteiger charge is -2.59. The number of fused-ring (bicyclic) bond motifs is 1. The first kappa shape index (κ1) is 33.6. The summed E-state index contributed by atoms with van der Waals surface area (Å²) in [7, 11) is 1.46. The molecule has 0 aliphatic carbocycles. The molecule has 4 heterocycles. The Morgan fingerprint density at radius 1 is 1.19 bits per heavy atom. The van der Waals surface area contributed by atoms with Crippen LogP contribution < -0.4 is 15.1 Å². The van der Waals surface area contributed by atoms with Crippen molar-refractivity contribution < 1.29 is 31.9 Å². The fraction of sp³-hybridized carbons (Fsp3) is 0.469. The maximum atomic E-state index is 15.5. The van der Waals surface area contributed by atoms with Gasteiger partial charge in [0.15, 0.2) is 0 Å². The van der Waals surface area contributed by atoms with E-state index in [0.717, 1.165) is 6.07 Å². The van der Waals surface area contributed by atoms with Crippen LogP contribution in [0.15, 0.2) is 36.9 Å². The van der Waals surface area contributed by atoms with E-state index in [1.54, 1.807) is 26.8 Å². The Bertz CT molecular complexity index is 1640. The zero-order chi connectivity index (χ0) is 34.3. The molecule has 1 atom stereocenters. The van der Waals surface area contributed by atoms with Crippen molar-refractivity contribution in [2.45, 2.75) is 38.0 Å². The number of hydrogen-bond acceptors (Lipinski definition) is 8. The highest BCUT2D eigenvalue weighted by Gasteiger charge is 2.52. The lowest BCUT2D eigenvalue weighted by molar-refractivity contribution is -0.161. The Labute approximate surface area is 270 Å². The number of pyridine rings is 1. The molecule has 5 rings (SSSR count). The summed E-state index contributed by atoms with van der Waals surface area (Å²) < 4.78 is 56.8. The summed E-state index contributed by atoms with van der Waals surface area (Å²) in [6.07, 6.45) is -3.49. The second kappa shape index (κ2) is 12.8. The van der Waals surface area contributed by atoms with Crippen molar-refractivity contribution >= 4 is 34.9 Å². The number of anilines is 3. The summed E-state index contributed by atoms with van der Waals surface area (Å²) in [5, 5.41) is 12.4. The van der Waals surface area contributed by atoms with E-state index in [2.05, 4.69) is 21.8 Å². The molecule has 0 saturated carbocycles. The van der Waals surface area contributed by atoms with Crippen LogP contribution in [0.2, 0.25) is 0 Å². The number of carbonyl (C=O) groups is 3. The predicted octanol–water partition coefficient (Wildman–Crippen LogP) is 3.00. The third-order valence-corrected chi connectivity index (χ3v) is 9.09. The molecule has 1 N–H and O–H groups in total. The van der Waals surface area contributed by atoms with E-state index in [-0.39, 0.29) is 47.7 Å². The van der Waals surface area contributed by atoms with Gasteiger partial charge in [-0.1, -0.05) is 12.6 Å². The maximum Gasteiger partial charge on any atom is 0.417 e. The van der Waals surface area contributed by atoms with Gasteiger partial charge < -0.3 is 24.9 Å². The first-order valence-electron chi connectivity index (χ1n) is 15.2. The number of likely N-dealkylation sites (N-methyl/N-ethyl adjacent to an activating group) is 1. The van der Waals surface area contributed by atoms with Crippen molar-refractivity contribution in [1.82, 2.24) is 19.7 Å². The molecule has 3 aliphatic rings. The molecule has 0 radical (unpaired) electrons. The van der Waals surface area contributed by atoms with Crippen LogP contribution in [-0.2, 0) is 20.6 Å². The standard InChI is InChI=1S/C32H36F4N8O3/c1-5-27(46)43-18-31(19-43)17-41(12-14-44(31)21(3)45)11-13-42-10-9-25(30(47)40(4)26-8-6-7-24(33)28(26)42)39-29-22(16-37)23(32(34,35)36)15-20(2)38-29/h5-8,15,25H,1,9-14,17-19H2,2-4H3,(H,38,39). The number of nitrogens with zero attached hydrogens (tertiary/aromatic N) is 7. The summed E-state index contributed by atoms with van der Waals surface area (Å²) in [4.78, 5) is 51.1. The minimum absolute atomic E-state index is 0.0191. The molecule has 47 heavy (non-hydrogen) atoms. The lowest BCUT2D eigenvalue weighted by Crippen LogP contribution is -2.78. The molecule has 2 saturated heterocycles. The number of hydrogen-bond donors (Lipinski definition) is 1. The molecule has 250 valence electrons. The minimum Gasteiger partial charge on any atom is -0.366 e. The Balaban J connectivity index is 1.39. The van der Waals surface area contributed by atoms with Crippen LogP contribution in [0.25, 0.3) is 0 Å². The topological polar surface area (TPSA) is 116 Å². The Kier molecular flexibility index (Phi) is 9.18. The monoisotopic (exact) mass is 656 g/mol. The fourth-order valence-electron chi connectivity index (χ4n) is 6.82. The largest absolute Gasteiger partial charge is 0.417 e. The predicted molar refractivity (Wildman–Crippen MR) is 166 cm³/mol. The van der Waals surface area contributed by atoms with Crippen molar-refractivity contribution in [1.29, 1.82) is 5.26 Å². The van der Waals surface area contributed by atoms with Crippen molar-refractivity contribution in [3.8, 4) is 6.07 Å². The van der Waals surface area contributed by atoms with Crippen LogP contribution in [-0.4, -0.2) is 108 Å². The van der Waals surface area contributed by atoms with Gasteiger partial charge >= 0.3 is 6.18 Å². The average molecular weight is 657 g/mol. The quantitative estimate of drug-likeness (QED) is 0.373. The molecule has 1 unspecified atom stereocenters. The van der Waals surface area contributed by atoms with E-state index in [0.29, 0.717) is 45.8 Å². The number of nitrogens with one attached hydrogen (secondary N) is 1. The molecule has 3 aliphatic heterocycles. The number of aryl methyl sites for hydroxylation is 1. The third kappa shape index (κ3) is 6.47. The van der Waals surface area contributed by atoms with Crippen LogP contribution in [0.1, 0.15) is 30.2 Å². The lowest BCUT2D eigenvalue weighted by atomic mass is 9.84. The molecule has 1 aromatic heterocycles. The highest BCUT2D eigenvalue weighted by Crippen LogP contribution is 2.38. The summed E-state index contributed by atoms with van der Waals surface area (Å²) in [5.41, 5.74) is -1.89. The summed E-state index contributed by atoms with van der Waals surface area (Å²) in [6.45, 7) is 9.67. The van der Waals surface area contributed by atoms with Crippen molar-refractivity contribution in [2.24, 2.45) is 0 Å². The Morgan fingerprint density at radius 3 is 2.55 bits per heavy atom. The van der Waals surface area contributed by atoms with Gasteiger partial charge in [0.25, 0.3) is 0 Å². The number of piperazine rings is 1. The number of nitriles is 1. The van der Waals surface area contributed by atoms with Crippen molar-refractivity contribution in [3.05, 3.63) is 59.6 Å². The molecule has 0 bridgehead atoms. The summed E-state index contributed by atoms with van der Waals surface area (Å²) in [6, 6.07) is 5.67. The summed E-state index contributed by atoms with van der Waals surface area (Å²) >= 11 is 0. The number of aromatic nitrogens is 1. The van der Waals surface area contributed by atoms with Gasteiger partial charge in [0.1, 0.15) is 29.3 Å². The third-order valence-electron chi connectivity index (χ3n) is 9.09.